The lowest BCUT2D eigenvalue weighted by Gasteiger charge is -2.08. The summed E-state index contributed by atoms with van der Waals surface area (Å²) in [6, 6.07) is 8.62. The molecule has 5 heteroatoms. The van der Waals surface area contributed by atoms with Gasteiger partial charge in [0, 0.05) is 10.5 Å². The summed E-state index contributed by atoms with van der Waals surface area (Å²) in [6.45, 7) is 5.32. The maximum Gasteiger partial charge on any atom is 0.148 e. The van der Waals surface area contributed by atoms with Crippen molar-refractivity contribution < 1.29 is 0 Å². The van der Waals surface area contributed by atoms with Crippen molar-refractivity contribution >= 4 is 23.1 Å². The second-order valence-corrected chi connectivity index (χ2v) is 6.18. The molecule has 0 amide bonds. The highest BCUT2D eigenvalue weighted by atomic mass is 32.2. The van der Waals surface area contributed by atoms with E-state index >= 15 is 0 Å². The molecule has 0 radical (unpaired) electrons. The van der Waals surface area contributed by atoms with Crippen molar-refractivity contribution in [3.05, 3.63) is 29.3 Å². The zero-order valence-electron chi connectivity index (χ0n) is 11.5. The molecule has 1 atom stereocenters. The zero-order valence-corrected chi connectivity index (χ0v) is 13.1. The lowest BCUT2D eigenvalue weighted by atomic mass is 10.2. The first-order valence-electron chi connectivity index (χ1n) is 6.46. The zero-order chi connectivity index (χ0) is 13.7. The second kappa shape index (κ2) is 7.03. The molecule has 0 aliphatic heterocycles. The molecule has 2 rings (SSSR count). The minimum absolute atomic E-state index is 0.271. The van der Waals surface area contributed by atoms with Crippen molar-refractivity contribution in [1.82, 2.24) is 15.5 Å². The van der Waals surface area contributed by atoms with Gasteiger partial charge in [-0.2, -0.15) is 0 Å². The van der Waals surface area contributed by atoms with Gasteiger partial charge < -0.3 is 5.32 Å². The van der Waals surface area contributed by atoms with Crippen LogP contribution in [0.2, 0.25) is 0 Å². The topological polar surface area (TPSA) is 37.8 Å². The van der Waals surface area contributed by atoms with Gasteiger partial charge in [-0.25, -0.2) is 0 Å². The van der Waals surface area contributed by atoms with E-state index in [4.69, 9.17) is 0 Å². The molecule has 1 aromatic heterocycles. The summed E-state index contributed by atoms with van der Waals surface area (Å²) in [5.41, 5.74) is 1.18. The third-order valence-corrected chi connectivity index (χ3v) is 4.78. The van der Waals surface area contributed by atoms with Crippen LogP contribution in [0.1, 0.15) is 31.3 Å². The number of nitrogens with zero attached hydrogens (tertiary/aromatic N) is 2. The van der Waals surface area contributed by atoms with Gasteiger partial charge in [0.05, 0.1) is 6.04 Å². The largest absolute Gasteiger partial charge is 0.308 e. The molecule has 0 fully saturated rings. The van der Waals surface area contributed by atoms with Crippen molar-refractivity contribution in [3.63, 3.8) is 0 Å². The monoisotopic (exact) mass is 293 g/mol. The van der Waals surface area contributed by atoms with Crippen molar-refractivity contribution in [2.24, 2.45) is 0 Å². The molecule has 0 aliphatic rings. The Kier molecular flexibility index (Phi) is 5.36. The van der Waals surface area contributed by atoms with Gasteiger partial charge in [0.1, 0.15) is 10.0 Å². The molecule has 0 bridgehead atoms. The van der Waals surface area contributed by atoms with E-state index in [-0.39, 0.29) is 6.04 Å². The van der Waals surface area contributed by atoms with E-state index in [1.807, 2.05) is 0 Å². The summed E-state index contributed by atoms with van der Waals surface area (Å²) in [5, 5.41) is 14.2. The normalized spacial score (nSPS) is 12.6. The molecule has 2 aromatic rings. The third-order valence-electron chi connectivity index (χ3n) is 2.85. The van der Waals surface area contributed by atoms with Gasteiger partial charge in [-0.05, 0) is 32.2 Å². The fourth-order valence-electron chi connectivity index (χ4n) is 1.79. The van der Waals surface area contributed by atoms with Crippen LogP contribution in [0.15, 0.2) is 29.2 Å². The first-order chi connectivity index (χ1) is 9.26. The first kappa shape index (κ1) is 14.5. The average Bonchev–Trinajstić information content (AvgIpc) is 2.94. The molecule has 1 aromatic carbocycles. The summed E-state index contributed by atoms with van der Waals surface area (Å²) in [7, 11) is 0. The molecule has 1 unspecified atom stereocenters. The van der Waals surface area contributed by atoms with E-state index in [0.717, 1.165) is 23.0 Å². The molecule has 0 saturated carbocycles. The summed E-state index contributed by atoms with van der Waals surface area (Å²) >= 11 is 3.42. The van der Waals surface area contributed by atoms with Gasteiger partial charge in [0.25, 0.3) is 0 Å². The predicted octanol–water partition coefficient (Wildman–Crippen LogP) is 3.99. The van der Waals surface area contributed by atoms with E-state index < -0.39 is 0 Å². The van der Waals surface area contributed by atoms with E-state index in [1.54, 1.807) is 23.1 Å². The van der Waals surface area contributed by atoms with Gasteiger partial charge in [-0.1, -0.05) is 36.5 Å². The fraction of sp³-hybridized carbons (Fsp3) is 0.429. The van der Waals surface area contributed by atoms with E-state index in [2.05, 4.69) is 59.9 Å². The van der Waals surface area contributed by atoms with Crippen LogP contribution in [-0.2, 0) is 0 Å². The van der Waals surface area contributed by atoms with Crippen LogP contribution in [0.4, 0.5) is 0 Å². The highest BCUT2D eigenvalue weighted by molar-refractivity contribution is 7.98. The molecule has 102 valence electrons. The number of aromatic nitrogens is 2. The average molecular weight is 293 g/mol. The Morgan fingerprint density at radius 3 is 2.84 bits per heavy atom. The lowest BCUT2D eigenvalue weighted by Crippen LogP contribution is -2.18. The number of benzene rings is 1. The molecule has 0 aliphatic carbocycles. The highest BCUT2D eigenvalue weighted by Crippen LogP contribution is 2.33. The van der Waals surface area contributed by atoms with Crippen LogP contribution in [-0.4, -0.2) is 23.0 Å². The van der Waals surface area contributed by atoms with Crippen LogP contribution >= 0.6 is 23.1 Å². The van der Waals surface area contributed by atoms with Crippen LogP contribution in [0.25, 0.3) is 10.6 Å². The van der Waals surface area contributed by atoms with Crippen LogP contribution < -0.4 is 5.32 Å². The lowest BCUT2D eigenvalue weighted by molar-refractivity contribution is 0.564. The SMILES string of the molecule is CCCNC(C)c1nnc(-c2ccccc2SC)s1. The Morgan fingerprint density at radius 1 is 1.32 bits per heavy atom. The molecular weight excluding hydrogens is 274 g/mol. The Labute approximate surface area is 122 Å². The van der Waals surface area contributed by atoms with E-state index in [1.165, 1.54) is 10.5 Å². The Bertz CT molecular complexity index is 525. The maximum absolute atomic E-state index is 4.34. The maximum atomic E-state index is 4.34. The van der Waals surface area contributed by atoms with Gasteiger partial charge in [-0.15, -0.1) is 22.0 Å². The van der Waals surface area contributed by atoms with Crippen LogP contribution in [0.5, 0.6) is 0 Å². The van der Waals surface area contributed by atoms with Gasteiger partial charge in [-0.3, -0.25) is 0 Å². The number of hydrogen-bond acceptors (Lipinski definition) is 5. The molecular formula is C14H19N3S2. The van der Waals surface area contributed by atoms with Crippen LogP contribution in [0.3, 0.4) is 0 Å². The second-order valence-electron chi connectivity index (χ2n) is 4.32. The van der Waals surface area contributed by atoms with Crippen molar-refractivity contribution in [2.75, 3.05) is 12.8 Å². The minimum Gasteiger partial charge on any atom is -0.308 e. The van der Waals surface area contributed by atoms with Crippen molar-refractivity contribution in [2.45, 2.75) is 31.2 Å². The van der Waals surface area contributed by atoms with E-state index in [0.29, 0.717) is 0 Å². The highest BCUT2D eigenvalue weighted by Gasteiger charge is 2.14. The molecule has 1 N–H and O–H groups in total. The third kappa shape index (κ3) is 3.55. The molecule has 0 saturated heterocycles. The number of nitrogens with one attached hydrogen (secondary N) is 1. The van der Waals surface area contributed by atoms with E-state index in [9.17, 15) is 0 Å². The number of hydrogen-bond donors (Lipinski definition) is 1. The summed E-state index contributed by atoms with van der Waals surface area (Å²) in [5.74, 6) is 0. The van der Waals surface area contributed by atoms with Gasteiger partial charge in [0.2, 0.25) is 0 Å². The molecule has 3 nitrogen and oxygen atoms in total. The number of thioether (sulfide) groups is 1. The summed E-state index contributed by atoms with van der Waals surface area (Å²) < 4.78 is 0. The Hall–Kier alpha value is -0.910. The Morgan fingerprint density at radius 2 is 2.11 bits per heavy atom. The smallest absolute Gasteiger partial charge is 0.148 e. The van der Waals surface area contributed by atoms with Crippen molar-refractivity contribution in [3.8, 4) is 10.6 Å². The van der Waals surface area contributed by atoms with Gasteiger partial charge >= 0.3 is 0 Å². The molecule has 0 spiro atoms. The Balaban J connectivity index is 2.20. The summed E-state index contributed by atoms with van der Waals surface area (Å²) in [6.07, 6.45) is 3.22. The van der Waals surface area contributed by atoms with Gasteiger partial charge in [0.15, 0.2) is 0 Å². The predicted molar refractivity (Wildman–Crippen MR) is 83.8 cm³/mol. The summed E-state index contributed by atoms with van der Waals surface area (Å²) in [4.78, 5) is 1.25. The molecule has 19 heavy (non-hydrogen) atoms. The minimum atomic E-state index is 0.271. The van der Waals surface area contributed by atoms with Crippen LogP contribution in [0, 0.1) is 0 Å². The first-order valence-corrected chi connectivity index (χ1v) is 8.50. The standard InChI is InChI=1S/C14H19N3S2/c1-4-9-15-10(2)13-16-17-14(19-13)11-7-5-6-8-12(11)18-3/h5-8,10,15H,4,9H2,1-3H3. The quantitative estimate of drug-likeness (QED) is 0.817. The molecule has 1 heterocycles. The van der Waals surface area contributed by atoms with Crippen molar-refractivity contribution in [1.29, 1.82) is 0 Å². The fourth-order valence-corrected chi connectivity index (χ4v) is 3.36. The number of rotatable bonds is 6.